The van der Waals surface area contributed by atoms with Crippen molar-refractivity contribution in [3.05, 3.63) is 489 Å². The Hall–Kier alpha value is -16.0. The molecule has 18 rings (SSSR count). The maximum atomic E-state index is 5.17. The molecule has 0 aliphatic rings. The normalized spacial score (nSPS) is 11.2. The first-order chi connectivity index (χ1) is 58.9. The van der Waals surface area contributed by atoms with Crippen molar-refractivity contribution in [2.75, 3.05) is 29.4 Å². The van der Waals surface area contributed by atoms with Gasteiger partial charge in [0.2, 0.25) is 0 Å². The van der Waals surface area contributed by atoms with Crippen molar-refractivity contribution in [1.29, 1.82) is 0 Å². The van der Waals surface area contributed by atoms with E-state index in [0.717, 1.165) is 147 Å². The summed E-state index contributed by atoms with van der Waals surface area (Å²) in [4.78, 5) is 29.2. The van der Waals surface area contributed by atoms with Gasteiger partial charge in [-0.15, -0.1) is 0 Å². The monoisotopic (exact) mass is 1530 g/mol. The van der Waals surface area contributed by atoms with Gasteiger partial charge in [0.15, 0.2) is 17.5 Å². The number of rotatable bonds is 25. The van der Waals surface area contributed by atoms with Crippen LogP contribution in [0.25, 0.3) is 58.5 Å². The Bertz CT molecular complexity index is 5590. The number of hydrogen-bond donors (Lipinski definition) is 0. The van der Waals surface area contributed by atoms with Crippen molar-refractivity contribution in [2.24, 2.45) is 0 Å². The highest BCUT2D eigenvalue weighted by Gasteiger charge is 2.22. The third kappa shape index (κ3) is 17.1. The molecular formula is C110H83N9. The van der Waals surface area contributed by atoms with E-state index in [1.54, 1.807) is 0 Å². The van der Waals surface area contributed by atoms with Crippen LogP contribution in [-0.4, -0.2) is 15.0 Å². The van der Waals surface area contributed by atoms with E-state index in [4.69, 9.17) is 15.0 Å². The molecule has 18 aromatic rings. The van der Waals surface area contributed by atoms with E-state index in [-0.39, 0.29) is 0 Å². The molecule has 0 aliphatic heterocycles. The van der Waals surface area contributed by atoms with E-state index < -0.39 is 0 Å². The van der Waals surface area contributed by atoms with Gasteiger partial charge in [0.05, 0.1) is 0 Å². The molecule has 0 N–H and O–H groups in total. The standard InChI is InChI=1S/C110H83N9/c1-82-42-56-87(57-43-82)108-111-109(88-58-48-83(49-59-88)44-46-85-52-62-98(63-53-85)118(104-74-66-100(67-75-104)114(90-26-10-2-11-27-90)91-28-12-3-13-29-91)105-76-68-101(69-77-105)115(92-30-14-4-15-31-92)93-32-16-5-17-33-93)113-110(112-108)89-60-50-84(51-61-89)45-47-86-54-64-99(65-55-86)119(106-78-70-102(71-79-106)116(94-34-18-6-19-35-94)95-36-20-7-21-37-95)107-80-72-103(73-81-107)117(96-38-22-8-23-39-96)97-40-24-9-25-41-97/h2-81H,1H3/b46-44+,47-45+. The molecule has 9 nitrogen and oxygen atoms in total. The fourth-order valence-corrected chi connectivity index (χ4v) is 15.1. The van der Waals surface area contributed by atoms with Crippen LogP contribution < -0.4 is 29.4 Å². The van der Waals surface area contributed by atoms with Gasteiger partial charge in [0.1, 0.15) is 0 Å². The Labute approximate surface area is 696 Å². The zero-order valence-electron chi connectivity index (χ0n) is 65.7. The highest BCUT2D eigenvalue weighted by atomic mass is 15.2. The van der Waals surface area contributed by atoms with Gasteiger partial charge in [-0.1, -0.05) is 273 Å². The summed E-state index contributed by atoms with van der Waals surface area (Å²) in [5.41, 5.74) is 27.1. The highest BCUT2D eigenvalue weighted by Crippen LogP contribution is 2.45. The Morgan fingerprint density at radius 3 is 0.429 bits per heavy atom. The minimum absolute atomic E-state index is 0.593. The van der Waals surface area contributed by atoms with Crippen LogP contribution in [0.15, 0.2) is 461 Å². The van der Waals surface area contributed by atoms with E-state index in [1.165, 1.54) is 0 Å². The van der Waals surface area contributed by atoms with Gasteiger partial charge >= 0.3 is 0 Å². The van der Waals surface area contributed by atoms with E-state index in [2.05, 4.69) is 522 Å². The predicted octanol–water partition coefficient (Wildman–Crippen LogP) is 30.3. The zero-order valence-corrected chi connectivity index (χ0v) is 65.7. The number of hydrogen-bond acceptors (Lipinski definition) is 9. The maximum Gasteiger partial charge on any atom is 0.164 e. The van der Waals surface area contributed by atoms with Crippen molar-refractivity contribution in [3.63, 3.8) is 0 Å². The van der Waals surface area contributed by atoms with E-state index >= 15 is 0 Å². The van der Waals surface area contributed by atoms with Crippen LogP contribution in [0.1, 0.15) is 27.8 Å². The first kappa shape index (κ1) is 74.4. The van der Waals surface area contributed by atoms with E-state index in [9.17, 15) is 0 Å². The maximum absolute atomic E-state index is 5.17. The molecule has 0 unspecified atom stereocenters. The molecular weight excluding hydrogens is 1450 g/mol. The molecule has 119 heavy (non-hydrogen) atoms. The summed E-state index contributed by atoms with van der Waals surface area (Å²) in [7, 11) is 0. The molecule has 0 bridgehead atoms. The van der Waals surface area contributed by atoms with Crippen molar-refractivity contribution in [3.8, 4) is 34.2 Å². The second-order valence-electron chi connectivity index (χ2n) is 29.0. The van der Waals surface area contributed by atoms with Gasteiger partial charge < -0.3 is 29.4 Å². The minimum atomic E-state index is 0.593. The predicted molar refractivity (Wildman–Crippen MR) is 500 cm³/mol. The summed E-state index contributed by atoms with van der Waals surface area (Å²) >= 11 is 0. The number of para-hydroxylation sites is 8. The Balaban J connectivity index is 0.596. The molecule has 0 amide bonds. The molecule has 17 aromatic carbocycles. The largest absolute Gasteiger partial charge is 0.311 e. The van der Waals surface area contributed by atoms with Crippen LogP contribution in [0.5, 0.6) is 0 Å². The number of benzene rings is 17. The van der Waals surface area contributed by atoms with E-state index in [1.807, 2.05) is 0 Å². The van der Waals surface area contributed by atoms with Crippen molar-refractivity contribution >= 4 is 127 Å². The molecule has 0 saturated heterocycles. The average molecular weight is 1530 g/mol. The van der Waals surface area contributed by atoms with Crippen LogP contribution in [-0.2, 0) is 0 Å². The quantitative estimate of drug-likeness (QED) is 0.0521. The summed E-state index contributed by atoms with van der Waals surface area (Å²) in [6.45, 7) is 2.09. The summed E-state index contributed by atoms with van der Waals surface area (Å²) in [6.07, 6.45) is 8.63. The number of anilines is 18. The zero-order chi connectivity index (χ0) is 79.9. The number of aryl methyl sites for hydroxylation is 1. The second kappa shape index (κ2) is 35.2. The number of nitrogens with zero attached hydrogens (tertiary/aromatic N) is 9. The van der Waals surface area contributed by atoms with Gasteiger partial charge in [0, 0.05) is 119 Å². The number of aromatic nitrogens is 3. The highest BCUT2D eigenvalue weighted by molar-refractivity contribution is 5.88. The van der Waals surface area contributed by atoms with Crippen molar-refractivity contribution in [2.45, 2.75) is 6.92 Å². The average Bonchev–Trinajstić information content (AvgIpc) is 0.803. The first-order valence-corrected chi connectivity index (χ1v) is 40.1. The SMILES string of the molecule is Cc1ccc(-c2nc(-c3ccc(/C=C/c4ccc(N(c5ccc(N(c6ccccc6)c6ccccc6)cc5)c5ccc(N(c6ccccc6)c6ccccc6)cc5)cc4)cc3)nc(-c3ccc(/C=C/c4ccc(N(c5ccc(N(c6ccccc6)c6ccccc6)cc5)c5ccc(N(c6ccccc6)c6ccccc6)cc5)cc4)cc3)n2)cc1. The van der Waals surface area contributed by atoms with Crippen LogP contribution in [0.4, 0.5) is 102 Å². The van der Waals surface area contributed by atoms with Crippen LogP contribution in [0.2, 0.25) is 0 Å². The molecule has 568 valence electrons. The lowest BCUT2D eigenvalue weighted by Gasteiger charge is -2.29. The fraction of sp³-hybridized carbons (Fsp3) is 0.00909. The summed E-state index contributed by atoms with van der Waals surface area (Å²) in [5, 5.41) is 0. The molecule has 0 aliphatic carbocycles. The van der Waals surface area contributed by atoms with Gasteiger partial charge in [-0.2, -0.15) is 0 Å². The minimum Gasteiger partial charge on any atom is -0.311 e. The third-order valence-electron chi connectivity index (χ3n) is 21.1. The molecule has 0 fully saturated rings. The molecule has 9 heteroatoms. The Morgan fingerprint density at radius 2 is 0.269 bits per heavy atom. The van der Waals surface area contributed by atoms with Crippen molar-refractivity contribution < 1.29 is 0 Å². The van der Waals surface area contributed by atoms with Crippen LogP contribution in [0, 0.1) is 6.92 Å². The van der Waals surface area contributed by atoms with Crippen molar-refractivity contribution in [1.82, 2.24) is 15.0 Å². The molecule has 0 saturated carbocycles. The lowest BCUT2D eigenvalue weighted by atomic mass is 10.1. The van der Waals surface area contributed by atoms with Crippen LogP contribution in [0.3, 0.4) is 0 Å². The Morgan fingerprint density at radius 1 is 0.143 bits per heavy atom. The lowest BCUT2D eigenvalue weighted by Crippen LogP contribution is -2.13. The summed E-state index contributed by atoms with van der Waals surface area (Å²) in [5.74, 6) is 1.79. The summed E-state index contributed by atoms with van der Waals surface area (Å²) in [6, 6.07) is 162. The van der Waals surface area contributed by atoms with Gasteiger partial charge in [-0.05, 0) is 248 Å². The van der Waals surface area contributed by atoms with Crippen LogP contribution >= 0.6 is 0 Å². The second-order valence-corrected chi connectivity index (χ2v) is 29.0. The topological polar surface area (TPSA) is 58.1 Å². The smallest absolute Gasteiger partial charge is 0.164 e. The summed E-state index contributed by atoms with van der Waals surface area (Å²) < 4.78 is 0. The van der Waals surface area contributed by atoms with Gasteiger partial charge in [0.25, 0.3) is 0 Å². The molecule has 0 spiro atoms. The Kier molecular flexibility index (Phi) is 22.0. The fourth-order valence-electron chi connectivity index (χ4n) is 15.1. The molecule has 1 aromatic heterocycles. The lowest BCUT2D eigenvalue weighted by molar-refractivity contribution is 1.07. The van der Waals surface area contributed by atoms with E-state index in [0.29, 0.717) is 17.5 Å². The van der Waals surface area contributed by atoms with Gasteiger partial charge in [-0.3, -0.25) is 0 Å². The molecule has 0 atom stereocenters. The first-order valence-electron chi connectivity index (χ1n) is 40.1. The third-order valence-corrected chi connectivity index (χ3v) is 21.1. The van der Waals surface area contributed by atoms with Gasteiger partial charge in [-0.25, -0.2) is 15.0 Å². The molecule has 0 radical (unpaired) electrons. The molecule has 1 heterocycles.